The van der Waals surface area contributed by atoms with Crippen LogP contribution in [0.2, 0.25) is 5.02 Å². The third-order valence-electron chi connectivity index (χ3n) is 3.17. The fourth-order valence-corrected chi connectivity index (χ4v) is 2.08. The van der Waals surface area contributed by atoms with Gasteiger partial charge in [-0.3, -0.25) is 0 Å². The Balaban J connectivity index is 1.90. The number of nitrogens with one attached hydrogen (secondary N) is 1. The molecule has 0 saturated carbocycles. The van der Waals surface area contributed by atoms with Crippen LogP contribution in [0.5, 0.6) is 0 Å². The van der Waals surface area contributed by atoms with Crippen LogP contribution in [0.3, 0.4) is 0 Å². The van der Waals surface area contributed by atoms with Gasteiger partial charge >= 0.3 is 0 Å². The van der Waals surface area contributed by atoms with E-state index < -0.39 is 6.10 Å². The first-order chi connectivity index (χ1) is 9.16. The topological polar surface area (TPSA) is 32.3 Å². The third-order valence-corrected chi connectivity index (χ3v) is 3.42. The van der Waals surface area contributed by atoms with Crippen molar-refractivity contribution in [2.75, 3.05) is 6.54 Å². The molecular formula is C16H18ClNO. The standard InChI is InChI=1S/C16H18ClNO/c1-12(13-5-3-2-4-6-13)18-11-16(19)14-7-9-15(17)10-8-14/h2-10,12,16,18-19H,11H2,1H3/t12-,16+/m0/s1. The van der Waals surface area contributed by atoms with Crippen molar-refractivity contribution in [1.29, 1.82) is 0 Å². The van der Waals surface area contributed by atoms with Crippen molar-refractivity contribution in [2.45, 2.75) is 19.1 Å². The lowest BCUT2D eigenvalue weighted by molar-refractivity contribution is 0.171. The highest BCUT2D eigenvalue weighted by atomic mass is 35.5. The van der Waals surface area contributed by atoms with Crippen molar-refractivity contribution in [3.63, 3.8) is 0 Å². The summed E-state index contributed by atoms with van der Waals surface area (Å²) < 4.78 is 0. The molecule has 0 radical (unpaired) electrons. The molecule has 0 bridgehead atoms. The van der Waals surface area contributed by atoms with Crippen molar-refractivity contribution in [3.05, 3.63) is 70.7 Å². The summed E-state index contributed by atoms with van der Waals surface area (Å²) in [5.41, 5.74) is 2.09. The van der Waals surface area contributed by atoms with Gasteiger partial charge in [0, 0.05) is 17.6 Å². The Morgan fingerprint density at radius 1 is 1.00 bits per heavy atom. The first-order valence-electron chi connectivity index (χ1n) is 6.38. The number of benzene rings is 2. The highest BCUT2D eigenvalue weighted by molar-refractivity contribution is 6.30. The van der Waals surface area contributed by atoms with Gasteiger partial charge in [-0.15, -0.1) is 0 Å². The van der Waals surface area contributed by atoms with Gasteiger partial charge in [-0.25, -0.2) is 0 Å². The lowest BCUT2D eigenvalue weighted by atomic mass is 10.1. The van der Waals surface area contributed by atoms with Crippen molar-refractivity contribution >= 4 is 11.6 Å². The average Bonchev–Trinajstić information content (AvgIpc) is 2.46. The summed E-state index contributed by atoms with van der Waals surface area (Å²) in [6.45, 7) is 2.60. The number of hydrogen-bond donors (Lipinski definition) is 2. The second-order valence-electron chi connectivity index (χ2n) is 4.61. The van der Waals surface area contributed by atoms with Crippen LogP contribution in [-0.2, 0) is 0 Å². The van der Waals surface area contributed by atoms with Crippen molar-refractivity contribution in [1.82, 2.24) is 5.32 Å². The van der Waals surface area contributed by atoms with Gasteiger partial charge in [0.1, 0.15) is 0 Å². The van der Waals surface area contributed by atoms with Gasteiger partial charge in [0.15, 0.2) is 0 Å². The van der Waals surface area contributed by atoms with E-state index in [1.165, 1.54) is 5.56 Å². The first kappa shape index (κ1) is 14.1. The quantitative estimate of drug-likeness (QED) is 0.872. The van der Waals surface area contributed by atoms with E-state index in [4.69, 9.17) is 11.6 Å². The number of aliphatic hydroxyl groups excluding tert-OH is 1. The summed E-state index contributed by atoms with van der Waals surface area (Å²) in [6.07, 6.45) is -0.525. The Kier molecular flexibility index (Phi) is 4.97. The van der Waals surface area contributed by atoms with E-state index in [9.17, 15) is 5.11 Å². The normalized spacial score (nSPS) is 14.1. The SMILES string of the molecule is C[C@H](NC[C@@H](O)c1ccc(Cl)cc1)c1ccccc1. The summed E-state index contributed by atoms with van der Waals surface area (Å²) in [4.78, 5) is 0. The highest BCUT2D eigenvalue weighted by Crippen LogP contribution is 2.17. The lowest BCUT2D eigenvalue weighted by Gasteiger charge is -2.17. The molecule has 0 saturated heterocycles. The number of halogens is 1. The van der Waals surface area contributed by atoms with Gasteiger partial charge in [0.05, 0.1) is 6.10 Å². The van der Waals surface area contributed by atoms with E-state index in [-0.39, 0.29) is 6.04 Å². The van der Waals surface area contributed by atoms with Crippen LogP contribution < -0.4 is 5.32 Å². The minimum atomic E-state index is -0.525. The summed E-state index contributed by atoms with van der Waals surface area (Å²) in [6, 6.07) is 17.7. The Morgan fingerprint density at radius 2 is 1.63 bits per heavy atom. The Bertz CT molecular complexity index is 498. The van der Waals surface area contributed by atoms with Crippen LogP contribution in [0, 0.1) is 0 Å². The predicted molar refractivity (Wildman–Crippen MR) is 79.3 cm³/mol. The van der Waals surface area contributed by atoms with E-state index >= 15 is 0 Å². The fraction of sp³-hybridized carbons (Fsp3) is 0.250. The van der Waals surface area contributed by atoms with Crippen molar-refractivity contribution in [3.8, 4) is 0 Å². The zero-order chi connectivity index (χ0) is 13.7. The van der Waals surface area contributed by atoms with Crippen LogP contribution in [0.1, 0.15) is 30.2 Å². The molecule has 2 N–H and O–H groups in total. The zero-order valence-electron chi connectivity index (χ0n) is 10.9. The molecule has 2 aromatic rings. The molecule has 2 nitrogen and oxygen atoms in total. The van der Waals surface area contributed by atoms with Gasteiger partial charge in [0.2, 0.25) is 0 Å². The van der Waals surface area contributed by atoms with E-state index in [0.717, 1.165) is 5.56 Å². The first-order valence-corrected chi connectivity index (χ1v) is 6.76. The van der Waals surface area contributed by atoms with Crippen LogP contribution in [0.4, 0.5) is 0 Å². The molecule has 0 aliphatic heterocycles. The predicted octanol–water partition coefficient (Wildman–Crippen LogP) is 3.72. The minimum Gasteiger partial charge on any atom is -0.387 e. The summed E-state index contributed by atoms with van der Waals surface area (Å²) in [5, 5.41) is 14.1. The van der Waals surface area contributed by atoms with Crippen molar-refractivity contribution in [2.24, 2.45) is 0 Å². The summed E-state index contributed by atoms with van der Waals surface area (Å²) in [5.74, 6) is 0. The third kappa shape index (κ3) is 4.06. The second kappa shape index (κ2) is 6.71. The summed E-state index contributed by atoms with van der Waals surface area (Å²) in [7, 11) is 0. The number of rotatable bonds is 5. The number of hydrogen-bond acceptors (Lipinski definition) is 2. The van der Waals surface area contributed by atoms with E-state index in [1.807, 2.05) is 30.3 Å². The maximum atomic E-state index is 10.1. The monoisotopic (exact) mass is 275 g/mol. The van der Waals surface area contributed by atoms with Gasteiger partial charge in [-0.1, -0.05) is 54.1 Å². The van der Waals surface area contributed by atoms with Crippen molar-refractivity contribution < 1.29 is 5.11 Å². The highest BCUT2D eigenvalue weighted by Gasteiger charge is 2.10. The Morgan fingerprint density at radius 3 is 2.26 bits per heavy atom. The molecule has 0 fully saturated rings. The van der Waals surface area contributed by atoms with Gasteiger partial charge in [-0.05, 0) is 30.2 Å². The van der Waals surface area contributed by atoms with Crippen LogP contribution in [-0.4, -0.2) is 11.7 Å². The van der Waals surface area contributed by atoms with Crippen LogP contribution in [0.25, 0.3) is 0 Å². The second-order valence-corrected chi connectivity index (χ2v) is 5.04. The molecule has 0 heterocycles. The molecule has 3 heteroatoms. The molecular weight excluding hydrogens is 258 g/mol. The smallest absolute Gasteiger partial charge is 0.0914 e. The summed E-state index contributed by atoms with van der Waals surface area (Å²) >= 11 is 5.83. The van der Waals surface area contributed by atoms with E-state index in [2.05, 4.69) is 24.4 Å². The molecule has 100 valence electrons. The largest absolute Gasteiger partial charge is 0.387 e. The van der Waals surface area contributed by atoms with Gasteiger partial charge in [-0.2, -0.15) is 0 Å². The molecule has 2 rings (SSSR count). The van der Waals surface area contributed by atoms with E-state index in [0.29, 0.717) is 11.6 Å². The molecule has 0 aliphatic rings. The molecule has 0 spiro atoms. The molecule has 0 aromatic heterocycles. The molecule has 0 amide bonds. The van der Waals surface area contributed by atoms with Crippen LogP contribution in [0.15, 0.2) is 54.6 Å². The lowest BCUT2D eigenvalue weighted by Crippen LogP contribution is -2.24. The van der Waals surface area contributed by atoms with E-state index in [1.54, 1.807) is 12.1 Å². The van der Waals surface area contributed by atoms with Gasteiger partial charge < -0.3 is 10.4 Å². The molecule has 19 heavy (non-hydrogen) atoms. The molecule has 2 aromatic carbocycles. The zero-order valence-corrected chi connectivity index (χ0v) is 11.6. The van der Waals surface area contributed by atoms with Gasteiger partial charge in [0.25, 0.3) is 0 Å². The maximum absolute atomic E-state index is 10.1. The molecule has 2 atom stereocenters. The molecule has 0 aliphatic carbocycles. The minimum absolute atomic E-state index is 0.211. The molecule has 0 unspecified atom stereocenters. The number of aliphatic hydroxyl groups is 1. The maximum Gasteiger partial charge on any atom is 0.0914 e. The fourth-order valence-electron chi connectivity index (χ4n) is 1.95. The Labute approximate surface area is 119 Å². The van der Waals surface area contributed by atoms with Crippen LogP contribution >= 0.6 is 11.6 Å². The average molecular weight is 276 g/mol. The Hall–Kier alpha value is -1.35.